The molecule has 0 aromatic carbocycles. The smallest absolute Gasteiger partial charge is 0.307 e. The number of hydrogen-bond donors (Lipinski definition) is 1. The summed E-state index contributed by atoms with van der Waals surface area (Å²) < 4.78 is 1.30. The average Bonchev–Trinajstić information content (AvgIpc) is 2.90. The largest absolute Gasteiger partial charge is 0.324 e. The highest BCUT2D eigenvalue weighted by Crippen LogP contribution is 2.17. The van der Waals surface area contributed by atoms with Crippen molar-refractivity contribution in [3.63, 3.8) is 0 Å². The molecule has 0 radical (unpaired) electrons. The van der Waals surface area contributed by atoms with E-state index < -0.39 is 11.0 Å². The first-order valence-corrected chi connectivity index (χ1v) is 6.01. The molecule has 1 N–H and O–H groups in total. The number of pyridine rings is 1. The summed E-state index contributed by atoms with van der Waals surface area (Å²) in [6.07, 6.45) is 5.98. The number of nitrogens with zero attached hydrogens (tertiary/aromatic N) is 4. The van der Waals surface area contributed by atoms with E-state index in [-0.39, 0.29) is 11.6 Å². The molecule has 2 rings (SSSR count). The van der Waals surface area contributed by atoms with Crippen LogP contribution in [0.2, 0.25) is 0 Å². The molecule has 0 spiro atoms. The molecule has 0 saturated heterocycles. The highest BCUT2D eigenvalue weighted by atomic mass is 16.6. The molecule has 1 amide bonds. The van der Waals surface area contributed by atoms with E-state index in [1.807, 2.05) is 6.92 Å². The van der Waals surface area contributed by atoms with Gasteiger partial charge in [-0.25, -0.2) is 0 Å². The number of rotatable bonds is 5. The molecule has 104 valence electrons. The van der Waals surface area contributed by atoms with E-state index in [0.717, 1.165) is 6.20 Å². The molecule has 2 aromatic rings. The summed E-state index contributed by atoms with van der Waals surface area (Å²) in [5.74, 6) is -0.281. The quantitative estimate of drug-likeness (QED) is 0.661. The minimum absolute atomic E-state index is 0.139. The molecule has 8 nitrogen and oxygen atoms in total. The predicted octanol–water partition coefficient (Wildman–Crippen LogP) is 1.78. The Bertz CT molecular complexity index is 611. The number of hydrogen-bond acceptors (Lipinski definition) is 5. The molecule has 8 heteroatoms. The SMILES string of the molecule is CCC(C(=O)Nc1ccncc1)n1cc([N+](=O)[O-])cn1. The minimum atomic E-state index is -0.600. The molecule has 1 atom stereocenters. The van der Waals surface area contributed by atoms with Gasteiger partial charge in [0, 0.05) is 18.1 Å². The molecule has 20 heavy (non-hydrogen) atoms. The summed E-state index contributed by atoms with van der Waals surface area (Å²) in [6, 6.07) is 2.73. The van der Waals surface area contributed by atoms with Gasteiger partial charge in [0.15, 0.2) is 0 Å². The van der Waals surface area contributed by atoms with Crippen LogP contribution < -0.4 is 5.32 Å². The Morgan fingerprint density at radius 3 is 2.75 bits per heavy atom. The van der Waals surface area contributed by atoms with Crippen molar-refractivity contribution in [2.24, 2.45) is 0 Å². The Hall–Kier alpha value is -2.77. The van der Waals surface area contributed by atoms with E-state index in [1.54, 1.807) is 24.5 Å². The van der Waals surface area contributed by atoms with Gasteiger partial charge >= 0.3 is 5.69 Å². The second kappa shape index (κ2) is 5.91. The Balaban J connectivity index is 2.14. The van der Waals surface area contributed by atoms with Crippen LogP contribution >= 0.6 is 0 Å². The zero-order valence-corrected chi connectivity index (χ0v) is 10.8. The van der Waals surface area contributed by atoms with E-state index >= 15 is 0 Å². The highest BCUT2D eigenvalue weighted by molar-refractivity contribution is 5.93. The lowest BCUT2D eigenvalue weighted by Gasteiger charge is -2.14. The van der Waals surface area contributed by atoms with Gasteiger partial charge in [-0.1, -0.05) is 6.92 Å². The van der Waals surface area contributed by atoms with E-state index in [9.17, 15) is 14.9 Å². The maximum atomic E-state index is 12.2. The van der Waals surface area contributed by atoms with E-state index in [2.05, 4.69) is 15.4 Å². The Morgan fingerprint density at radius 1 is 1.50 bits per heavy atom. The molecule has 0 aliphatic carbocycles. The first-order chi connectivity index (χ1) is 9.61. The molecule has 0 aliphatic rings. The topological polar surface area (TPSA) is 103 Å². The zero-order chi connectivity index (χ0) is 14.5. The molecular weight excluding hydrogens is 262 g/mol. The van der Waals surface area contributed by atoms with Crippen LogP contribution in [-0.4, -0.2) is 25.6 Å². The van der Waals surface area contributed by atoms with Gasteiger partial charge in [-0.3, -0.25) is 24.6 Å². The van der Waals surface area contributed by atoms with Gasteiger partial charge in [-0.05, 0) is 18.6 Å². The maximum absolute atomic E-state index is 12.2. The number of carbonyl (C=O) groups excluding carboxylic acids is 1. The van der Waals surface area contributed by atoms with Gasteiger partial charge in [0.1, 0.15) is 18.4 Å². The molecule has 2 aromatic heterocycles. The average molecular weight is 275 g/mol. The van der Waals surface area contributed by atoms with Crippen molar-refractivity contribution in [1.82, 2.24) is 14.8 Å². The molecule has 0 bridgehead atoms. The van der Waals surface area contributed by atoms with E-state index in [1.165, 1.54) is 10.9 Å². The maximum Gasteiger partial charge on any atom is 0.307 e. The number of nitrogens with one attached hydrogen (secondary N) is 1. The highest BCUT2D eigenvalue weighted by Gasteiger charge is 2.21. The summed E-state index contributed by atoms with van der Waals surface area (Å²) in [5.41, 5.74) is 0.477. The Labute approximate surface area is 114 Å². The first-order valence-electron chi connectivity index (χ1n) is 6.01. The molecular formula is C12H13N5O3. The summed E-state index contributed by atoms with van der Waals surface area (Å²) in [5, 5.41) is 17.2. The summed E-state index contributed by atoms with van der Waals surface area (Å²) in [7, 11) is 0. The van der Waals surface area contributed by atoms with Crippen LogP contribution in [0.15, 0.2) is 36.9 Å². The Morgan fingerprint density at radius 2 is 2.20 bits per heavy atom. The van der Waals surface area contributed by atoms with Crippen molar-refractivity contribution in [3.05, 3.63) is 47.0 Å². The van der Waals surface area contributed by atoms with E-state index in [0.29, 0.717) is 12.1 Å². The van der Waals surface area contributed by atoms with Gasteiger partial charge < -0.3 is 5.32 Å². The summed E-state index contributed by atoms with van der Waals surface area (Å²) in [4.78, 5) is 26.1. The van der Waals surface area contributed by atoms with Crippen molar-refractivity contribution in [2.75, 3.05) is 5.32 Å². The van der Waals surface area contributed by atoms with Gasteiger partial charge in [-0.2, -0.15) is 5.10 Å². The third-order valence-corrected chi connectivity index (χ3v) is 2.76. The van der Waals surface area contributed by atoms with Gasteiger partial charge in [0.2, 0.25) is 5.91 Å². The van der Waals surface area contributed by atoms with Gasteiger partial charge in [0.25, 0.3) is 0 Å². The van der Waals surface area contributed by atoms with Gasteiger partial charge in [0.05, 0.1) is 4.92 Å². The minimum Gasteiger partial charge on any atom is -0.324 e. The van der Waals surface area contributed by atoms with Crippen LogP contribution in [0, 0.1) is 10.1 Å². The number of aromatic nitrogens is 3. The fourth-order valence-electron chi connectivity index (χ4n) is 1.75. The lowest BCUT2D eigenvalue weighted by Crippen LogP contribution is -2.25. The third kappa shape index (κ3) is 2.97. The fraction of sp³-hybridized carbons (Fsp3) is 0.250. The van der Waals surface area contributed by atoms with Crippen LogP contribution in [0.25, 0.3) is 0 Å². The number of carbonyl (C=O) groups is 1. The number of anilines is 1. The fourth-order valence-corrected chi connectivity index (χ4v) is 1.75. The van der Waals surface area contributed by atoms with Gasteiger partial charge in [-0.15, -0.1) is 0 Å². The van der Waals surface area contributed by atoms with Crippen molar-refractivity contribution in [2.45, 2.75) is 19.4 Å². The van der Waals surface area contributed by atoms with Crippen LogP contribution in [0.3, 0.4) is 0 Å². The lowest BCUT2D eigenvalue weighted by atomic mass is 10.2. The number of nitro groups is 1. The van der Waals surface area contributed by atoms with Crippen molar-refractivity contribution in [3.8, 4) is 0 Å². The van der Waals surface area contributed by atoms with Crippen molar-refractivity contribution in [1.29, 1.82) is 0 Å². The van der Waals surface area contributed by atoms with Crippen molar-refractivity contribution < 1.29 is 9.72 Å². The monoisotopic (exact) mass is 275 g/mol. The molecule has 0 aliphatic heterocycles. The zero-order valence-electron chi connectivity index (χ0n) is 10.8. The third-order valence-electron chi connectivity index (χ3n) is 2.76. The predicted molar refractivity (Wildman–Crippen MR) is 71.1 cm³/mol. The second-order valence-electron chi connectivity index (χ2n) is 4.08. The lowest BCUT2D eigenvalue weighted by molar-refractivity contribution is -0.385. The summed E-state index contributed by atoms with van der Waals surface area (Å²) >= 11 is 0. The molecule has 1 unspecified atom stereocenters. The number of amides is 1. The normalized spacial score (nSPS) is 11.8. The molecule has 2 heterocycles. The molecule has 0 saturated carbocycles. The second-order valence-corrected chi connectivity index (χ2v) is 4.08. The molecule has 0 fully saturated rings. The van der Waals surface area contributed by atoms with Crippen LogP contribution in [0.1, 0.15) is 19.4 Å². The van der Waals surface area contributed by atoms with Crippen molar-refractivity contribution >= 4 is 17.3 Å². The van der Waals surface area contributed by atoms with E-state index in [4.69, 9.17) is 0 Å². The van der Waals surface area contributed by atoms with Crippen LogP contribution in [-0.2, 0) is 4.79 Å². The summed E-state index contributed by atoms with van der Waals surface area (Å²) in [6.45, 7) is 1.81. The first kappa shape index (κ1) is 13.7. The Kier molecular flexibility index (Phi) is 4.04. The van der Waals surface area contributed by atoms with Crippen LogP contribution in [0.5, 0.6) is 0 Å². The van der Waals surface area contributed by atoms with Crippen LogP contribution in [0.4, 0.5) is 11.4 Å². The standard InChI is InChI=1S/C12H13N5O3/c1-2-11(16-8-10(7-14-16)17(19)20)12(18)15-9-3-5-13-6-4-9/h3-8,11H,2H2,1H3,(H,13,15,18).